The van der Waals surface area contributed by atoms with Gasteiger partial charge in [0.1, 0.15) is 17.9 Å². The van der Waals surface area contributed by atoms with E-state index in [1.54, 1.807) is 16.8 Å². The number of fused-ring (bicyclic) bond motifs is 2. The van der Waals surface area contributed by atoms with Gasteiger partial charge in [0.15, 0.2) is 11.4 Å². The number of nitrogens with zero attached hydrogens (tertiary/aromatic N) is 3. The van der Waals surface area contributed by atoms with Crippen molar-refractivity contribution in [3.8, 4) is 17.3 Å². The summed E-state index contributed by atoms with van der Waals surface area (Å²) in [7, 11) is 0. The van der Waals surface area contributed by atoms with E-state index in [9.17, 15) is 0 Å². The van der Waals surface area contributed by atoms with Gasteiger partial charge in [0, 0.05) is 18.0 Å². The number of imidazole rings is 1. The molecule has 0 radical (unpaired) electrons. The van der Waals surface area contributed by atoms with E-state index in [-0.39, 0.29) is 0 Å². The average Bonchev–Trinajstić information content (AvgIpc) is 3.15. The van der Waals surface area contributed by atoms with Gasteiger partial charge in [0.25, 0.3) is 0 Å². The molecule has 0 aliphatic heterocycles. The van der Waals surface area contributed by atoms with Crippen molar-refractivity contribution in [2.75, 3.05) is 13.2 Å². The van der Waals surface area contributed by atoms with E-state index in [0.29, 0.717) is 19.0 Å². The maximum absolute atomic E-state index is 5.88. The summed E-state index contributed by atoms with van der Waals surface area (Å²) in [5.74, 6) is 1.23. The fourth-order valence-electron chi connectivity index (χ4n) is 2.37. The Balaban J connectivity index is 1.83. The Labute approximate surface area is 126 Å². The van der Waals surface area contributed by atoms with Crippen LogP contribution in [-0.2, 0) is 0 Å². The zero-order valence-corrected chi connectivity index (χ0v) is 11.8. The Hall–Kier alpha value is -2.86. The molecule has 0 unspecified atom stereocenters. The molecule has 0 spiro atoms. The summed E-state index contributed by atoms with van der Waals surface area (Å²) in [6.45, 7) is 0.868. The summed E-state index contributed by atoms with van der Waals surface area (Å²) < 4.78 is 13.1. The predicted octanol–water partition coefficient (Wildman–Crippen LogP) is 2.48. The Bertz CT molecular complexity index is 909. The van der Waals surface area contributed by atoms with Gasteiger partial charge in [-0.25, -0.2) is 9.50 Å². The normalized spacial score (nSPS) is 11.3. The second-order valence-electron chi connectivity index (χ2n) is 4.87. The van der Waals surface area contributed by atoms with Gasteiger partial charge in [0.2, 0.25) is 5.88 Å². The van der Waals surface area contributed by atoms with Crippen molar-refractivity contribution in [1.29, 1.82) is 0 Å². The van der Waals surface area contributed by atoms with Crippen LogP contribution < -0.4 is 10.5 Å². The van der Waals surface area contributed by atoms with E-state index < -0.39 is 0 Å². The van der Waals surface area contributed by atoms with E-state index in [4.69, 9.17) is 14.9 Å². The van der Waals surface area contributed by atoms with Gasteiger partial charge in [-0.15, -0.1) is 5.10 Å². The molecule has 0 aliphatic rings. The first kappa shape index (κ1) is 12.8. The number of aromatic nitrogens is 3. The zero-order chi connectivity index (χ0) is 14.9. The second-order valence-corrected chi connectivity index (χ2v) is 4.87. The van der Waals surface area contributed by atoms with Gasteiger partial charge < -0.3 is 14.9 Å². The molecule has 0 saturated heterocycles. The summed E-state index contributed by atoms with van der Waals surface area (Å²) >= 11 is 0. The highest BCUT2D eigenvalue weighted by Gasteiger charge is 2.12. The van der Waals surface area contributed by atoms with Gasteiger partial charge in [-0.05, 0) is 18.2 Å². The highest BCUT2D eigenvalue weighted by molar-refractivity contribution is 5.82. The molecule has 2 N–H and O–H groups in total. The van der Waals surface area contributed by atoms with Crippen LogP contribution in [0.5, 0.6) is 5.88 Å². The van der Waals surface area contributed by atoms with Crippen LogP contribution in [0.4, 0.5) is 0 Å². The molecule has 4 rings (SSSR count). The standard InChI is InChI=1S/C16H14N4O2/c17-7-8-21-16-6-5-15-18-10-12(20(15)19-16)14-9-11-3-1-2-4-13(11)22-14/h1-6,9-10H,7-8,17H2. The van der Waals surface area contributed by atoms with Crippen molar-refractivity contribution in [3.05, 3.63) is 48.7 Å². The smallest absolute Gasteiger partial charge is 0.231 e. The van der Waals surface area contributed by atoms with E-state index >= 15 is 0 Å². The maximum atomic E-state index is 5.88. The molecule has 0 aliphatic carbocycles. The van der Waals surface area contributed by atoms with Crippen LogP contribution in [0, 0.1) is 0 Å². The van der Waals surface area contributed by atoms with Crippen LogP contribution in [0.1, 0.15) is 0 Å². The van der Waals surface area contributed by atoms with Crippen LogP contribution in [0.2, 0.25) is 0 Å². The highest BCUT2D eigenvalue weighted by Crippen LogP contribution is 2.28. The third kappa shape index (κ3) is 2.10. The third-order valence-corrected chi connectivity index (χ3v) is 3.38. The Morgan fingerprint density at radius 2 is 2.09 bits per heavy atom. The maximum Gasteiger partial charge on any atom is 0.231 e. The molecule has 6 heteroatoms. The topological polar surface area (TPSA) is 78.6 Å². The summed E-state index contributed by atoms with van der Waals surface area (Å²) in [4.78, 5) is 4.35. The fraction of sp³-hybridized carbons (Fsp3) is 0.125. The number of furan rings is 1. The summed E-state index contributed by atoms with van der Waals surface area (Å²) in [5, 5.41) is 5.48. The molecule has 3 aromatic heterocycles. The number of rotatable bonds is 4. The van der Waals surface area contributed by atoms with Gasteiger partial charge in [-0.2, -0.15) is 0 Å². The lowest BCUT2D eigenvalue weighted by atomic mass is 10.2. The van der Waals surface area contributed by atoms with Gasteiger partial charge in [-0.3, -0.25) is 0 Å². The monoisotopic (exact) mass is 294 g/mol. The Morgan fingerprint density at radius 3 is 2.95 bits per heavy atom. The molecule has 0 fully saturated rings. The SMILES string of the molecule is NCCOc1ccc2ncc(-c3cc4ccccc4o3)n2n1. The fourth-order valence-corrected chi connectivity index (χ4v) is 2.37. The lowest BCUT2D eigenvalue weighted by Gasteiger charge is -2.04. The number of hydrogen-bond acceptors (Lipinski definition) is 5. The average molecular weight is 294 g/mol. The molecule has 4 aromatic rings. The zero-order valence-electron chi connectivity index (χ0n) is 11.8. The molecule has 0 atom stereocenters. The van der Waals surface area contributed by atoms with Crippen LogP contribution in [0.15, 0.2) is 53.1 Å². The second kappa shape index (κ2) is 5.16. The minimum atomic E-state index is 0.424. The first-order chi connectivity index (χ1) is 10.8. The Morgan fingerprint density at radius 1 is 1.18 bits per heavy atom. The summed E-state index contributed by atoms with van der Waals surface area (Å²) in [5.41, 5.74) is 7.80. The summed E-state index contributed by atoms with van der Waals surface area (Å²) in [6.07, 6.45) is 1.74. The van der Waals surface area contributed by atoms with E-state index in [1.165, 1.54) is 0 Å². The number of para-hydroxylation sites is 1. The van der Waals surface area contributed by atoms with Crippen molar-refractivity contribution < 1.29 is 9.15 Å². The Kier molecular flexibility index (Phi) is 3.01. The van der Waals surface area contributed by atoms with Crippen molar-refractivity contribution in [3.63, 3.8) is 0 Å². The number of hydrogen-bond donors (Lipinski definition) is 1. The van der Waals surface area contributed by atoms with Crippen LogP contribution in [-0.4, -0.2) is 27.7 Å². The largest absolute Gasteiger partial charge is 0.475 e. The van der Waals surface area contributed by atoms with Crippen LogP contribution in [0.3, 0.4) is 0 Å². The summed E-state index contributed by atoms with van der Waals surface area (Å²) in [6, 6.07) is 13.5. The van der Waals surface area contributed by atoms with Crippen molar-refractivity contribution in [2.45, 2.75) is 0 Å². The molecule has 0 bridgehead atoms. The first-order valence-electron chi connectivity index (χ1n) is 7.02. The van der Waals surface area contributed by atoms with Crippen molar-refractivity contribution >= 4 is 16.6 Å². The lowest BCUT2D eigenvalue weighted by molar-refractivity contribution is 0.310. The lowest BCUT2D eigenvalue weighted by Crippen LogP contribution is -2.12. The molecule has 0 saturated carbocycles. The van der Waals surface area contributed by atoms with Gasteiger partial charge in [0.05, 0.1) is 6.20 Å². The predicted molar refractivity (Wildman–Crippen MR) is 82.7 cm³/mol. The molecule has 3 heterocycles. The van der Waals surface area contributed by atoms with Crippen molar-refractivity contribution in [2.24, 2.45) is 5.73 Å². The quantitative estimate of drug-likeness (QED) is 0.625. The van der Waals surface area contributed by atoms with E-state index in [1.807, 2.05) is 36.4 Å². The van der Waals surface area contributed by atoms with E-state index in [2.05, 4.69) is 10.1 Å². The first-order valence-corrected chi connectivity index (χ1v) is 7.02. The van der Waals surface area contributed by atoms with Gasteiger partial charge in [-0.1, -0.05) is 18.2 Å². The molecule has 6 nitrogen and oxygen atoms in total. The highest BCUT2D eigenvalue weighted by atomic mass is 16.5. The molecule has 1 aromatic carbocycles. The molecule has 110 valence electrons. The molecular weight excluding hydrogens is 280 g/mol. The van der Waals surface area contributed by atoms with Crippen molar-refractivity contribution in [1.82, 2.24) is 14.6 Å². The minimum Gasteiger partial charge on any atom is -0.475 e. The van der Waals surface area contributed by atoms with Crippen LogP contribution in [0.25, 0.3) is 28.1 Å². The van der Waals surface area contributed by atoms with Gasteiger partial charge >= 0.3 is 0 Å². The molecule has 22 heavy (non-hydrogen) atoms. The third-order valence-electron chi connectivity index (χ3n) is 3.38. The molecular formula is C16H14N4O2. The molecule has 0 amide bonds. The minimum absolute atomic E-state index is 0.424. The number of benzene rings is 1. The number of ether oxygens (including phenoxy) is 1. The number of nitrogens with two attached hydrogens (primary N) is 1. The van der Waals surface area contributed by atoms with E-state index in [0.717, 1.165) is 28.1 Å². The van der Waals surface area contributed by atoms with Crippen LogP contribution >= 0.6 is 0 Å².